The van der Waals surface area contributed by atoms with Gasteiger partial charge in [-0.1, -0.05) is 71.8 Å². The molecule has 3 rings (SSSR count). The van der Waals surface area contributed by atoms with Crippen molar-refractivity contribution in [3.63, 3.8) is 0 Å². The lowest BCUT2D eigenvalue weighted by molar-refractivity contribution is 0.839. The normalized spacial score (nSPS) is 12.0. The molecule has 0 aromatic heterocycles. The summed E-state index contributed by atoms with van der Waals surface area (Å²) >= 11 is 0. The highest BCUT2D eigenvalue weighted by molar-refractivity contribution is 7.95. The van der Waals surface area contributed by atoms with E-state index in [1.54, 1.807) is 0 Å². The Morgan fingerprint density at radius 3 is 1.60 bits per heavy atom. The average molecular weight is 415 g/mol. The van der Waals surface area contributed by atoms with E-state index in [4.69, 9.17) is 0 Å². The van der Waals surface area contributed by atoms with Gasteiger partial charge in [0.2, 0.25) is 0 Å². The van der Waals surface area contributed by atoms with Gasteiger partial charge in [0.25, 0.3) is 0 Å². The van der Waals surface area contributed by atoms with Gasteiger partial charge in [-0.05, 0) is 63.1 Å². The molecule has 0 saturated heterocycles. The molecule has 0 fully saturated rings. The van der Waals surface area contributed by atoms with Crippen LogP contribution in [-0.4, -0.2) is 12.8 Å². The monoisotopic (exact) mass is 414 g/mol. The van der Waals surface area contributed by atoms with E-state index >= 15 is 0 Å². The summed E-state index contributed by atoms with van der Waals surface area (Å²) in [5.41, 5.74) is 2.64. The summed E-state index contributed by atoms with van der Waals surface area (Å²) in [6.45, 7) is 9.23. The van der Waals surface area contributed by atoms with E-state index in [-0.39, 0.29) is 0 Å². The molecule has 154 valence electrons. The molecule has 0 saturated carbocycles. The summed E-state index contributed by atoms with van der Waals surface area (Å²) in [6, 6.07) is 33.1. The second kappa shape index (κ2) is 11.1. The molecule has 30 heavy (non-hydrogen) atoms. The summed E-state index contributed by atoms with van der Waals surface area (Å²) in [5.74, 6) is 0. The Morgan fingerprint density at radius 2 is 1.20 bits per heavy atom. The van der Waals surface area contributed by atoms with Crippen molar-refractivity contribution >= 4 is 23.2 Å². The van der Waals surface area contributed by atoms with Gasteiger partial charge in [0.1, 0.15) is 29.5 Å². The van der Waals surface area contributed by atoms with Crippen LogP contribution in [0.25, 0.3) is 0 Å². The van der Waals surface area contributed by atoms with Crippen LogP contribution in [0.1, 0.15) is 26.7 Å². The third kappa shape index (κ3) is 5.57. The second-order valence-corrected chi connectivity index (χ2v) is 11.4. The number of rotatable bonds is 10. The molecule has 0 aliphatic heterocycles. The predicted molar refractivity (Wildman–Crippen MR) is 136 cm³/mol. The SMILES string of the molecule is C=C(C)CC/C=C(\C)CNC[P+](c1ccccc1)(c1ccccc1)c1ccccc1. The molecule has 1 N–H and O–H groups in total. The Morgan fingerprint density at radius 1 is 0.767 bits per heavy atom. The molecule has 0 amide bonds. The van der Waals surface area contributed by atoms with Crippen LogP contribution in [0.4, 0.5) is 0 Å². The van der Waals surface area contributed by atoms with Gasteiger partial charge in [-0.15, -0.1) is 6.58 Å². The van der Waals surface area contributed by atoms with Crippen molar-refractivity contribution in [3.8, 4) is 0 Å². The Bertz CT molecular complexity index is 849. The minimum Gasteiger partial charge on any atom is -0.280 e. The molecule has 1 nitrogen and oxygen atoms in total. The molecule has 2 heteroatoms. The number of hydrogen-bond acceptors (Lipinski definition) is 1. The summed E-state index contributed by atoms with van der Waals surface area (Å²) in [6.07, 6.45) is 5.41. The maximum atomic E-state index is 4.01. The van der Waals surface area contributed by atoms with Crippen molar-refractivity contribution in [2.75, 3.05) is 12.8 Å². The van der Waals surface area contributed by atoms with Gasteiger partial charge in [0, 0.05) is 6.54 Å². The highest BCUT2D eigenvalue weighted by Gasteiger charge is 2.44. The quantitative estimate of drug-likeness (QED) is 0.325. The van der Waals surface area contributed by atoms with Gasteiger partial charge in [0.05, 0.1) is 0 Å². The first-order valence-electron chi connectivity index (χ1n) is 10.7. The van der Waals surface area contributed by atoms with Crippen LogP contribution in [0.5, 0.6) is 0 Å². The fraction of sp³-hybridized carbons (Fsp3) is 0.214. The molecule has 3 aromatic carbocycles. The third-order valence-corrected chi connectivity index (χ3v) is 9.64. The van der Waals surface area contributed by atoms with Gasteiger partial charge in [-0.2, -0.15) is 0 Å². The molecule has 0 unspecified atom stereocenters. The molecule has 0 heterocycles. The molecule has 0 spiro atoms. The first-order chi connectivity index (χ1) is 14.6. The standard InChI is InChI=1S/C28H33NP/c1-24(2)14-13-15-25(3)22-29-23-30(26-16-7-4-8-17-26,27-18-9-5-10-19-27)28-20-11-6-12-21-28/h4-12,15-21,29H,1,13-14,22-23H2,2-3H3/q+1/b25-15+. The van der Waals surface area contributed by atoms with E-state index in [9.17, 15) is 0 Å². The maximum Gasteiger partial charge on any atom is 0.126 e. The van der Waals surface area contributed by atoms with Crippen LogP contribution in [-0.2, 0) is 0 Å². The molecule has 3 aromatic rings. The highest BCUT2D eigenvalue weighted by atomic mass is 31.2. The number of nitrogens with one attached hydrogen (secondary N) is 1. The van der Waals surface area contributed by atoms with Crippen LogP contribution < -0.4 is 21.2 Å². The highest BCUT2D eigenvalue weighted by Crippen LogP contribution is 2.54. The fourth-order valence-electron chi connectivity index (χ4n) is 3.83. The van der Waals surface area contributed by atoms with Crippen LogP contribution in [0, 0.1) is 0 Å². The molecule has 0 aliphatic carbocycles. The topological polar surface area (TPSA) is 12.0 Å². The summed E-state index contributed by atoms with van der Waals surface area (Å²) in [7, 11) is -1.80. The molecule has 0 atom stereocenters. The zero-order valence-electron chi connectivity index (χ0n) is 18.2. The van der Waals surface area contributed by atoms with Gasteiger partial charge >= 0.3 is 0 Å². The summed E-state index contributed by atoms with van der Waals surface area (Å²) in [5, 5.41) is 8.07. The second-order valence-electron chi connectivity index (χ2n) is 7.95. The third-order valence-electron chi connectivity index (χ3n) is 5.41. The van der Waals surface area contributed by atoms with Crippen molar-refractivity contribution in [2.24, 2.45) is 0 Å². The van der Waals surface area contributed by atoms with Crippen molar-refractivity contribution < 1.29 is 0 Å². The fourth-order valence-corrected chi connectivity index (χ4v) is 7.76. The van der Waals surface area contributed by atoms with Crippen molar-refractivity contribution in [2.45, 2.75) is 26.7 Å². The van der Waals surface area contributed by atoms with Crippen LogP contribution in [0.2, 0.25) is 0 Å². The average Bonchev–Trinajstić information content (AvgIpc) is 2.78. The van der Waals surface area contributed by atoms with Gasteiger partial charge in [0.15, 0.2) is 0 Å². The molecule has 0 bridgehead atoms. The summed E-state index contributed by atoms with van der Waals surface area (Å²) < 4.78 is 0. The van der Waals surface area contributed by atoms with E-state index in [1.807, 2.05) is 0 Å². The Hall–Kier alpha value is -2.47. The molecule has 0 radical (unpaired) electrons. The van der Waals surface area contributed by atoms with E-state index in [1.165, 1.54) is 27.1 Å². The summed E-state index contributed by atoms with van der Waals surface area (Å²) in [4.78, 5) is 0. The van der Waals surface area contributed by atoms with Crippen LogP contribution >= 0.6 is 7.26 Å². The van der Waals surface area contributed by atoms with Crippen LogP contribution in [0.3, 0.4) is 0 Å². The number of allylic oxidation sites excluding steroid dienone is 2. The first kappa shape index (κ1) is 22.2. The van der Waals surface area contributed by atoms with Gasteiger partial charge in [-0.3, -0.25) is 5.32 Å². The Labute approximate surface area is 182 Å². The minimum atomic E-state index is -1.80. The Kier molecular flexibility index (Phi) is 8.20. The minimum absolute atomic E-state index is 0.907. The zero-order valence-corrected chi connectivity index (χ0v) is 19.1. The lowest BCUT2D eigenvalue weighted by Gasteiger charge is -2.28. The van der Waals surface area contributed by atoms with Gasteiger partial charge < -0.3 is 0 Å². The molecular formula is C28H33NP+. The lowest BCUT2D eigenvalue weighted by Crippen LogP contribution is -2.38. The van der Waals surface area contributed by atoms with Crippen molar-refractivity contribution in [3.05, 3.63) is 115 Å². The van der Waals surface area contributed by atoms with Crippen molar-refractivity contribution in [1.82, 2.24) is 5.32 Å². The molecular weight excluding hydrogens is 381 g/mol. The van der Waals surface area contributed by atoms with Gasteiger partial charge in [-0.25, -0.2) is 0 Å². The predicted octanol–water partition coefficient (Wildman–Crippen LogP) is 5.83. The largest absolute Gasteiger partial charge is 0.280 e. The Balaban J connectivity index is 1.94. The van der Waals surface area contributed by atoms with Crippen LogP contribution in [0.15, 0.2) is 115 Å². The molecule has 0 aliphatic rings. The van der Waals surface area contributed by atoms with E-state index in [0.29, 0.717) is 0 Å². The van der Waals surface area contributed by atoms with Crippen molar-refractivity contribution in [1.29, 1.82) is 0 Å². The number of benzene rings is 3. The first-order valence-corrected chi connectivity index (χ1v) is 12.7. The zero-order chi connectivity index (χ0) is 21.2. The lowest BCUT2D eigenvalue weighted by atomic mass is 10.1. The van der Waals surface area contributed by atoms with E-state index in [2.05, 4.69) is 123 Å². The smallest absolute Gasteiger partial charge is 0.126 e. The van der Waals surface area contributed by atoms with E-state index < -0.39 is 7.26 Å². The van der Waals surface area contributed by atoms with E-state index in [0.717, 1.165) is 25.7 Å². The maximum absolute atomic E-state index is 4.01. The number of hydrogen-bond donors (Lipinski definition) is 1.